The number of pyridine rings is 2. The summed E-state index contributed by atoms with van der Waals surface area (Å²) < 4.78 is 5.09. The first-order valence-electron chi connectivity index (χ1n) is 12.7. The molecule has 2 heterocycles. The third-order valence-electron chi connectivity index (χ3n) is 6.25. The molecule has 7 nitrogen and oxygen atoms in total. The van der Waals surface area contributed by atoms with Crippen LogP contribution in [0.3, 0.4) is 0 Å². The maximum atomic E-state index is 12.6. The van der Waals surface area contributed by atoms with Gasteiger partial charge >= 0.3 is 0 Å². The molecule has 7 heteroatoms. The van der Waals surface area contributed by atoms with Gasteiger partial charge in [0, 0.05) is 30.1 Å². The molecule has 0 radical (unpaired) electrons. The predicted molar refractivity (Wildman–Crippen MR) is 152 cm³/mol. The number of aromatic nitrogens is 2. The van der Waals surface area contributed by atoms with E-state index in [1.54, 1.807) is 25.7 Å². The van der Waals surface area contributed by atoms with Crippen LogP contribution in [0, 0.1) is 11.3 Å². The molecule has 37 heavy (non-hydrogen) atoms. The van der Waals surface area contributed by atoms with E-state index < -0.39 is 0 Å². The van der Waals surface area contributed by atoms with E-state index in [-0.39, 0.29) is 5.56 Å². The molecule has 0 bridgehead atoms. The lowest BCUT2D eigenvalue weighted by Gasteiger charge is -2.13. The zero-order valence-electron chi connectivity index (χ0n) is 21.9. The second kappa shape index (κ2) is 13.8. The summed E-state index contributed by atoms with van der Waals surface area (Å²) in [6, 6.07) is 14.2. The van der Waals surface area contributed by atoms with Crippen molar-refractivity contribution in [2.45, 2.75) is 58.3 Å². The summed E-state index contributed by atoms with van der Waals surface area (Å²) in [6.45, 7) is 7.89. The number of unbranched alkanes of at least 4 members (excludes halogenated alkanes) is 1. The SMILES string of the molecule is C=C(C=N/C=C(\C)OC)c1cc2cc[nH]c(=O)c2c(Nc2ccc(C3CCCC3)cc2)n1.CCCC#N. The fraction of sp³-hybridized carbons (Fsp3) is 0.333. The zero-order valence-corrected chi connectivity index (χ0v) is 21.9. The van der Waals surface area contributed by atoms with Crippen molar-refractivity contribution in [1.29, 1.82) is 5.26 Å². The van der Waals surface area contributed by atoms with Gasteiger partial charge in [0.25, 0.3) is 5.56 Å². The molecular weight excluding hydrogens is 462 g/mol. The Kier molecular flexibility index (Phi) is 10.2. The number of ether oxygens (including phenoxy) is 1. The van der Waals surface area contributed by atoms with E-state index >= 15 is 0 Å². The van der Waals surface area contributed by atoms with Crippen molar-refractivity contribution < 1.29 is 4.74 Å². The highest BCUT2D eigenvalue weighted by Gasteiger charge is 2.17. The summed E-state index contributed by atoms with van der Waals surface area (Å²) in [5, 5.41) is 12.4. The van der Waals surface area contributed by atoms with Gasteiger partial charge in [-0.05, 0) is 67.3 Å². The van der Waals surface area contributed by atoms with Crippen LogP contribution in [0.2, 0.25) is 0 Å². The highest BCUT2D eigenvalue weighted by atomic mass is 16.5. The number of allylic oxidation sites excluding steroid dienone is 2. The summed E-state index contributed by atoms with van der Waals surface area (Å²) in [7, 11) is 1.59. The molecule has 0 atom stereocenters. The van der Waals surface area contributed by atoms with Gasteiger partial charge in [0.05, 0.1) is 30.5 Å². The van der Waals surface area contributed by atoms with E-state index in [9.17, 15) is 4.79 Å². The minimum absolute atomic E-state index is 0.190. The lowest BCUT2D eigenvalue weighted by Crippen LogP contribution is -2.10. The van der Waals surface area contributed by atoms with Crippen molar-refractivity contribution in [3.8, 4) is 6.07 Å². The molecule has 0 aliphatic heterocycles. The zero-order chi connectivity index (χ0) is 26.6. The number of rotatable bonds is 8. The number of H-pyrrole nitrogens is 1. The van der Waals surface area contributed by atoms with Crippen molar-refractivity contribution in [2.75, 3.05) is 12.4 Å². The van der Waals surface area contributed by atoms with Crippen molar-refractivity contribution in [1.82, 2.24) is 9.97 Å². The number of nitrogens with zero attached hydrogens (tertiary/aromatic N) is 3. The van der Waals surface area contributed by atoms with Gasteiger partial charge in [0.15, 0.2) is 0 Å². The summed E-state index contributed by atoms with van der Waals surface area (Å²) >= 11 is 0. The Bertz CT molecular complexity index is 1360. The van der Waals surface area contributed by atoms with E-state index in [2.05, 4.69) is 46.1 Å². The van der Waals surface area contributed by atoms with Crippen molar-refractivity contribution in [3.05, 3.63) is 82.7 Å². The van der Waals surface area contributed by atoms with Crippen molar-refractivity contribution in [3.63, 3.8) is 0 Å². The summed E-state index contributed by atoms with van der Waals surface area (Å²) in [6.07, 6.45) is 11.7. The molecule has 2 aromatic heterocycles. The average Bonchev–Trinajstić information content (AvgIpc) is 3.45. The van der Waals surface area contributed by atoms with Crippen LogP contribution >= 0.6 is 0 Å². The monoisotopic (exact) mass is 497 g/mol. The molecule has 1 aliphatic rings. The number of aliphatic imine (C=N–C) groups is 1. The Balaban J connectivity index is 0.000000695. The Morgan fingerprint density at radius 3 is 2.65 bits per heavy atom. The van der Waals surface area contributed by atoms with Gasteiger partial charge in [-0.3, -0.25) is 9.79 Å². The molecule has 0 spiro atoms. The molecule has 0 amide bonds. The number of methoxy groups -OCH3 is 1. The van der Waals surface area contributed by atoms with Gasteiger partial charge in [-0.1, -0.05) is 38.5 Å². The number of nitriles is 1. The number of anilines is 2. The van der Waals surface area contributed by atoms with E-state index in [4.69, 9.17) is 15.0 Å². The first-order chi connectivity index (χ1) is 18.0. The average molecular weight is 498 g/mol. The normalized spacial score (nSPS) is 13.7. The highest BCUT2D eigenvalue weighted by Crippen LogP contribution is 2.34. The van der Waals surface area contributed by atoms with Crippen LogP contribution in [0.4, 0.5) is 11.5 Å². The van der Waals surface area contributed by atoms with Crippen LogP contribution < -0.4 is 10.9 Å². The molecule has 0 unspecified atom stereocenters. The molecule has 1 aromatic carbocycles. The van der Waals surface area contributed by atoms with Gasteiger partial charge in [-0.2, -0.15) is 5.26 Å². The third kappa shape index (κ3) is 7.65. The highest BCUT2D eigenvalue weighted by molar-refractivity contribution is 6.10. The van der Waals surface area contributed by atoms with Crippen molar-refractivity contribution in [2.24, 2.45) is 4.99 Å². The number of fused-ring (bicyclic) bond motifs is 1. The van der Waals surface area contributed by atoms with Crippen molar-refractivity contribution >= 4 is 34.1 Å². The Morgan fingerprint density at radius 2 is 2.03 bits per heavy atom. The number of benzene rings is 1. The smallest absolute Gasteiger partial charge is 0.259 e. The Morgan fingerprint density at radius 1 is 1.30 bits per heavy atom. The fourth-order valence-electron chi connectivity index (χ4n) is 4.17. The maximum Gasteiger partial charge on any atom is 0.259 e. The maximum absolute atomic E-state index is 12.6. The summed E-state index contributed by atoms with van der Waals surface area (Å²) in [5.74, 6) is 1.84. The second-order valence-corrected chi connectivity index (χ2v) is 9.01. The Hall–Kier alpha value is -4.18. The Labute approximate surface area is 218 Å². The number of aromatic amines is 1. The van der Waals surface area contributed by atoms with Gasteiger partial charge < -0.3 is 15.0 Å². The van der Waals surface area contributed by atoms with Crippen LogP contribution in [0.1, 0.15) is 69.5 Å². The molecule has 1 aliphatic carbocycles. The number of nitrogens with one attached hydrogen (secondary N) is 2. The molecule has 4 rings (SSSR count). The topological polar surface area (TPSA) is 103 Å². The second-order valence-electron chi connectivity index (χ2n) is 9.01. The predicted octanol–water partition coefficient (Wildman–Crippen LogP) is 7.23. The van der Waals surface area contributed by atoms with E-state index in [0.717, 1.165) is 17.5 Å². The molecule has 1 fully saturated rings. The molecule has 0 saturated heterocycles. The first-order valence-corrected chi connectivity index (χ1v) is 12.7. The molecular formula is C30H35N5O2. The van der Waals surface area contributed by atoms with Gasteiger partial charge in [-0.15, -0.1) is 0 Å². The third-order valence-corrected chi connectivity index (χ3v) is 6.25. The van der Waals surface area contributed by atoms with E-state index in [1.807, 2.05) is 32.0 Å². The van der Waals surface area contributed by atoms with E-state index in [0.29, 0.717) is 40.6 Å². The minimum atomic E-state index is -0.190. The standard InChI is InChI=1S/C26H28N4O2.C4H7N/c1-17(15-27-16-18(2)32-3)23-14-21-12-13-28-26(31)24(21)25(30-23)29-22-10-8-20(9-11-22)19-6-4-5-7-19;1-2-3-4-5/h8-16,19H,1,4-7H2,2-3H3,(H,28,31)(H,29,30);2-3H2,1H3/b18-16+,27-15?;. The summed E-state index contributed by atoms with van der Waals surface area (Å²) in [5.41, 5.74) is 3.34. The fourth-order valence-corrected chi connectivity index (χ4v) is 4.17. The van der Waals surface area contributed by atoms with Gasteiger partial charge in [0.2, 0.25) is 0 Å². The number of hydrogen-bond donors (Lipinski definition) is 2. The molecule has 3 aromatic rings. The lowest BCUT2D eigenvalue weighted by atomic mass is 9.97. The quantitative estimate of drug-likeness (QED) is 0.252. The van der Waals surface area contributed by atoms with Crippen LogP contribution in [0.15, 0.2) is 70.9 Å². The lowest BCUT2D eigenvalue weighted by molar-refractivity contribution is 0.292. The summed E-state index contributed by atoms with van der Waals surface area (Å²) in [4.78, 5) is 24.3. The van der Waals surface area contributed by atoms with Crippen LogP contribution in [0.25, 0.3) is 16.3 Å². The first kappa shape index (κ1) is 27.4. The minimum Gasteiger partial charge on any atom is -0.500 e. The van der Waals surface area contributed by atoms with Crippen LogP contribution in [-0.4, -0.2) is 23.3 Å². The number of hydrogen-bond acceptors (Lipinski definition) is 6. The molecule has 192 valence electrons. The largest absolute Gasteiger partial charge is 0.500 e. The molecule has 2 N–H and O–H groups in total. The van der Waals surface area contributed by atoms with Crippen LogP contribution in [0.5, 0.6) is 0 Å². The van der Waals surface area contributed by atoms with Crippen LogP contribution in [-0.2, 0) is 4.74 Å². The van der Waals surface area contributed by atoms with Gasteiger partial charge in [0.1, 0.15) is 11.6 Å². The van der Waals surface area contributed by atoms with E-state index in [1.165, 1.54) is 31.2 Å². The molecule has 1 saturated carbocycles. The van der Waals surface area contributed by atoms with Gasteiger partial charge in [-0.25, -0.2) is 4.98 Å².